The van der Waals surface area contributed by atoms with Crippen LogP contribution in [0.2, 0.25) is 0 Å². The molecule has 0 unspecified atom stereocenters. The van der Waals surface area contributed by atoms with Crippen molar-refractivity contribution >= 4 is 11.9 Å². The Labute approximate surface area is 126 Å². The molecule has 5 N–H and O–H groups in total. The SMILES string of the molecule is C/C=C(\CCc1ccccc1)C(=O)NCCCN=C(N)N. The summed E-state index contributed by atoms with van der Waals surface area (Å²) < 4.78 is 0. The van der Waals surface area contributed by atoms with Gasteiger partial charge in [-0.15, -0.1) is 0 Å². The van der Waals surface area contributed by atoms with Crippen LogP contribution in [0.3, 0.4) is 0 Å². The van der Waals surface area contributed by atoms with E-state index >= 15 is 0 Å². The first-order valence-electron chi connectivity index (χ1n) is 7.16. The average Bonchev–Trinajstić information content (AvgIpc) is 2.48. The van der Waals surface area contributed by atoms with Crippen LogP contribution in [-0.2, 0) is 11.2 Å². The number of guanidine groups is 1. The minimum absolute atomic E-state index is 0.0156. The van der Waals surface area contributed by atoms with Crippen LogP contribution in [-0.4, -0.2) is 25.0 Å². The number of hydrogen-bond donors (Lipinski definition) is 3. The Hall–Kier alpha value is -2.30. The summed E-state index contributed by atoms with van der Waals surface area (Å²) in [7, 11) is 0. The number of benzene rings is 1. The van der Waals surface area contributed by atoms with Crippen LogP contribution in [0.5, 0.6) is 0 Å². The molecule has 21 heavy (non-hydrogen) atoms. The van der Waals surface area contributed by atoms with Crippen molar-refractivity contribution in [2.45, 2.75) is 26.2 Å². The molecule has 0 saturated carbocycles. The molecule has 114 valence electrons. The maximum atomic E-state index is 12.0. The van der Waals surface area contributed by atoms with Crippen LogP contribution in [0.15, 0.2) is 47.0 Å². The van der Waals surface area contributed by atoms with Crippen LogP contribution in [0, 0.1) is 0 Å². The third-order valence-corrected chi connectivity index (χ3v) is 3.08. The van der Waals surface area contributed by atoms with Crippen LogP contribution in [0.25, 0.3) is 0 Å². The molecule has 1 aromatic carbocycles. The van der Waals surface area contributed by atoms with E-state index in [1.807, 2.05) is 31.2 Å². The van der Waals surface area contributed by atoms with Crippen molar-refractivity contribution in [2.75, 3.05) is 13.1 Å². The number of nitrogens with one attached hydrogen (secondary N) is 1. The minimum Gasteiger partial charge on any atom is -0.370 e. The molecule has 0 fully saturated rings. The molecule has 1 amide bonds. The van der Waals surface area contributed by atoms with E-state index < -0.39 is 0 Å². The van der Waals surface area contributed by atoms with Crippen LogP contribution >= 0.6 is 0 Å². The zero-order chi connectivity index (χ0) is 15.5. The molecule has 1 aromatic rings. The Morgan fingerprint density at radius 3 is 2.62 bits per heavy atom. The third kappa shape index (κ3) is 7.15. The van der Waals surface area contributed by atoms with E-state index in [2.05, 4.69) is 22.4 Å². The van der Waals surface area contributed by atoms with Gasteiger partial charge in [-0.05, 0) is 31.7 Å². The second kappa shape index (κ2) is 9.58. The molecular weight excluding hydrogens is 264 g/mol. The highest BCUT2D eigenvalue weighted by molar-refractivity contribution is 5.93. The van der Waals surface area contributed by atoms with E-state index in [9.17, 15) is 4.79 Å². The van der Waals surface area contributed by atoms with Gasteiger partial charge in [-0.25, -0.2) is 0 Å². The molecule has 0 aromatic heterocycles. The molecule has 0 radical (unpaired) electrons. The van der Waals surface area contributed by atoms with Gasteiger partial charge >= 0.3 is 0 Å². The lowest BCUT2D eigenvalue weighted by molar-refractivity contribution is -0.117. The van der Waals surface area contributed by atoms with Crippen molar-refractivity contribution < 1.29 is 4.79 Å². The Kier molecular flexibility index (Phi) is 7.64. The lowest BCUT2D eigenvalue weighted by Gasteiger charge is -2.08. The van der Waals surface area contributed by atoms with Crippen molar-refractivity contribution in [3.05, 3.63) is 47.5 Å². The summed E-state index contributed by atoms with van der Waals surface area (Å²) in [5.41, 5.74) is 12.5. The van der Waals surface area contributed by atoms with Gasteiger partial charge < -0.3 is 16.8 Å². The maximum Gasteiger partial charge on any atom is 0.246 e. The van der Waals surface area contributed by atoms with Gasteiger partial charge in [-0.2, -0.15) is 0 Å². The minimum atomic E-state index is -0.0156. The average molecular weight is 288 g/mol. The zero-order valence-electron chi connectivity index (χ0n) is 12.5. The highest BCUT2D eigenvalue weighted by atomic mass is 16.1. The summed E-state index contributed by atoms with van der Waals surface area (Å²) in [6, 6.07) is 10.1. The largest absolute Gasteiger partial charge is 0.370 e. The summed E-state index contributed by atoms with van der Waals surface area (Å²) >= 11 is 0. The van der Waals surface area contributed by atoms with Crippen molar-refractivity contribution in [3.8, 4) is 0 Å². The molecule has 1 rings (SSSR count). The van der Waals surface area contributed by atoms with Crippen molar-refractivity contribution in [1.82, 2.24) is 5.32 Å². The van der Waals surface area contributed by atoms with Crippen molar-refractivity contribution in [1.29, 1.82) is 0 Å². The number of carbonyl (C=O) groups is 1. The molecule has 0 bridgehead atoms. The van der Waals surface area contributed by atoms with E-state index in [1.165, 1.54) is 5.56 Å². The highest BCUT2D eigenvalue weighted by Gasteiger charge is 2.07. The normalized spacial score (nSPS) is 11.0. The predicted octanol–water partition coefficient (Wildman–Crippen LogP) is 1.35. The number of nitrogens with two attached hydrogens (primary N) is 2. The lowest BCUT2D eigenvalue weighted by atomic mass is 10.0. The fraction of sp³-hybridized carbons (Fsp3) is 0.375. The highest BCUT2D eigenvalue weighted by Crippen LogP contribution is 2.09. The first-order valence-corrected chi connectivity index (χ1v) is 7.16. The quantitative estimate of drug-likeness (QED) is 0.292. The third-order valence-electron chi connectivity index (χ3n) is 3.08. The lowest BCUT2D eigenvalue weighted by Crippen LogP contribution is -2.27. The van der Waals surface area contributed by atoms with Crippen LogP contribution in [0.4, 0.5) is 0 Å². The molecule has 0 aliphatic heterocycles. The predicted molar refractivity (Wildman–Crippen MR) is 86.8 cm³/mol. The molecule has 0 heterocycles. The van der Waals surface area contributed by atoms with Gasteiger partial charge in [-0.1, -0.05) is 36.4 Å². The second-order valence-electron chi connectivity index (χ2n) is 4.72. The number of carbonyl (C=O) groups excluding carboxylic acids is 1. The summed E-state index contributed by atoms with van der Waals surface area (Å²) in [6.45, 7) is 2.98. The summed E-state index contributed by atoms with van der Waals surface area (Å²) in [4.78, 5) is 15.9. The van der Waals surface area contributed by atoms with Gasteiger partial charge in [0.05, 0.1) is 0 Å². The maximum absolute atomic E-state index is 12.0. The molecule has 0 aliphatic rings. The molecule has 0 spiro atoms. The van der Waals surface area contributed by atoms with E-state index in [4.69, 9.17) is 11.5 Å². The zero-order valence-corrected chi connectivity index (χ0v) is 12.5. The molecule has 5 nitrogen and oxygen atoms in total. The number of aryl methyl sites for hydroxylation is 1. The topological polar surface area (TPSA) is 93.5 Å². The van der Waals surface area contributed by atoms with E-state index in [0.29, 0.717) is 13.1 Å². The molecule has 0 atom stereocenters. The van der Waals surface area contributed by atoms with Crippen LogP contribution < -0.4 is 16.8 Å². The molecule has 5 heteroatoms. The van der Waals surface area contributed by atoms with Crippen LogP contribution in [0.1, 0.15) is 25.3 Å². The standard InChI is InChI=1S/C16H24N4O/c1-2-14(10-9-13-7-4-3-5-8-13)15(21)19-11-6-12-20-16(17)18/h2-5,7-8H,6,9-12H2,1H3,(H,19,21)(H4,17,18,20)/b14-2+. The van der Waals surface area contributed by atoms with Gasteiger partial charge in [0.1, 0.15) is 0 Å². The van der Waals surface area contributed by atoms with Gasteiger partial charge in [-0.3, -0.25) is 9.79 Å². The van der Waals surface area contributed by atoms with Gasteiger partial charge in [0.25, 0.3) is 0 Å². The Bertz CT molecular complexity index is 490. The monoisotopic (exact) mass is 288 g/mol. The number of rotatable bonds is 8. The second-order valence-corrected chi connectivity index (χ2v) is 4.72. The number of aliphatic imine (C=N–C) groups is 1. The fourth-order valence-corrected chi connectivity index (χ4v) is 1.92. The summed E-state index contributed by atoms with van der Waals surface area (Å²) in [6.07, 6.45) is 4.19. The van der Waals surface area contributed by atoms with Gasteiger partial charge in [0.2, 0.25) is 5.91 Å². The Balaban J connectivity index is 2.32. The van der Waals surface area contributed by atoms with Gasteiger partial charge in [0.15, 0.2) is 5.96 Å². The Morgan fingerprint density at radius 1 is 1.29 bits per heavy atom. The first kappa shape index (κ1) is 16.8. The summed E-state index contributed by atoms with van der Waals surface area (Å²) in [5, 5.41) is 2.89. The summed E-state index contributed by atoms with van der Waals surface area (Å²) in [5.74, 6) is 0.0662. The first-order chi connectivity index (χ1) is 10.1. The van der Waals surface area contributed by atoms with E-state index in [-0.39, 0.29) is 11.9 Å². The number of amides is 1. The van der Waals surface area contributed by atoms with E-state index in [1.54, 1.807) is 0 Å². The Morgan fingerprint density at radius 2 is 2.00 bits per heavy atom. The fourth-order valence-electron chi connectivity index (χ4n) is 1.92. The smallest absolute Gasteiger partial charge is 0.246 e. The van der Waals surface area contributed by atoms with Crippen molar-refractivity contribution in [2.24, 2.45) is 16.5 Å². The van der Waals surface area contributed by atoms with Crippen molar-refractivity contribution in [3.63, 3.8) is 0 Å². The van der Waals surface area contributed by atoms with Gasteiger partial charge in [0, 0.05) is 18.7 Å². The molecule has 0 aliphatic carbocycles. The number of hydrogen-bond acceptors (Lipinski definition) is 2. The number of allylic oxidation sites excluding steroid dienone is 1. The number of nitrogens with zero attached hydrogens (tertiary/aromatic N) is 1. The molecular formula is C16H24N4O. The van der Waals surface area contributed by atoms with E-state index in [0.717, 1.165) is 24.8 Å². The molecule has 0 saturated heterocycles.